The first-order valence-electron chi connectivity index (χ1n) is 10.1. The van der Waals surface area contributed by atoms with E-state index in [1.54, 1.807) is 19.9 Å². The Labute approximate surface area is 173 Å². The Balaban J connectivity index is 1.37. The average molecular weight is 405 g/mol. The predicted octanol–water partition coefficient (Wildman–Crippen LogP) is 2.06. The van der Waals surface area contributed by atoms with Crippen LogP contribution in [0.25, 0.3) is 11.0 Å². The maximum atomic E-state index is 12.5. The van der Waals surface area contributed by atoms with Gasteiger partial charge in [-0.05, 0) is 26.0 Å². The van der Waals surface area contributed by atoms with Gasteiger partial charge in [0, 0.05) is 32.7 Å². The monoisotopic (exact) mass is 405 g/mol. The molecule has 0 aliphatic carbocycles. The van der Waals surface area contributed by atoms with Crippen LogP contribution in [-0.2, 0) is 11.8 Å². The van der Waals surface area contributed by atoms with Gasteiger partial charge in [0.05, 0.1) is 17.0 Å². The number of likely N-dealkylation sites (N-methyl/N-ethyl adjacent to an activating group) is 1. The maximum absolute atomic E-state index is 12.5. The minimum Gasteiger partial charge on any atom is -0.355 e. The summed E-state index contributed by atoms with van der Waals surface area (Å²) < 4.78 is 2.15. The van der Waals surface area contributed by atoms with Crippen molar-refractivity contribution in [2.45, 2.75) is 19.8 Å². The zero-order valence-electron chi connectivity index (χ0n) is 17.2. The number of hydrogen-bond donors (Lipinski definition) is 0. The van der Waals surface area contributed by atoms with Gasteiger partial charge in [-0.1, -0.05) is 12.1 Å². The molecule has 0 spiro atoms. The lowest BCUT2D eigenvalue weighted by molar-refractivity contribution is -0.124. The molecule has 0 saturated carbocycles. The Morgan fingerprint density at radius 1 is 1.07 bits per heavy atom. The molecule has 0 radical (unpaired) electrons. The number of rotatable bonds is 4. The fourth-order valence-corrected chi connectivity index (χ4v) is 4.23. The number of aryl methyl sites for hydroxylation is 2. The van der Waals surface area contributed by atoms with E-state index in [-0.39, 0.29) is 18.5 Å². The zero-order valence-corrected chi connectivity index (χ0v) is 17.2. The molecule has 154 valence electrons. The van der Waals surface area contributed by atoms with Gasteiger partial charge < -0.3 is 9.47 Å². The minimum atomic E-state index is -0.326. The van der Waals surface area contributed by atoms with Crippen molar-refractivity contribution in [2.24, 2.45) is 7.05 Å². The molecule has 4 heterocycles. The summed E-state index contributed by atoms with van der Waals surface area (Å²) in [4.78, 5) is 43.2. The number of carbonyl (C=O) groups is 2. The van der Waals surface area contributed by atoms with Crippen LogP contribution in [0.5, 0.6) is 0 Å². The molecule has 3 amide bonds. The molecule has 2 aliphatic rings. The van der Waals surface area contributed by atoms with Gasteiger partial charge in [-0.15, -0.1) is 0 Å². The normalized spacial score (nSPS) is 17.4. The van der Waals surface area contributed by atoms with E-state index in [2.05, 4.69) is 32.5 Å². The molecule has 5 rings (SSSR count). The van der Waals surface area contributed by atoms with Gasteiger partial charge in [-0.3, -0.25) is 14.6 Å². The number of nitrogens with zero attached hydrogens (tertiary/aromatic N) is 7. The molecule has 0 N–H and O–H groups in total. The van der Waals surface area contributed by atoms with Gasteiger partial charge in [0.2, 0.25) is 0 Å². The highest BCUT2D eigenvalue weighted by Gasteiger charge is 2.38. The molecule has 9 heteroatoms. The zero-order chi connectivity index (χ0) is 21.0. The molecule has 9 nitrogen and oxygen atoms in total. The largest absolute Gasteiger partial charge is 0.355 e. The maximum Gasteiger partial charge on any atom is 0.332 e. The second-order valence-corrected chi connectivity index (χ2v) is 7.76. The number of fused-ring (bicyclic) bond motifs is 1. The summed E-state index contributed by atoms with van der Waals surface area (Å²) in [5.74, 6) is 2.99. The number of aromatic nitrogens is 4. The molecular formula is C21H23N7O2. The summed E-state index contributed by atoms with van der Waals surface area (Å²) in [7, 11) is 2.05. The molecule has 0 atom stereocenters. The quantitative estimate of drug-likeness (QED) is 0.618. The minimum absolute atomic E-state index is 0.0189. The van der Waals surface area contributed by atoms with Crippen molar-refractivity contribution in [3.63, 3.8) is 0 Å². The van der Waals surface area contributed by atoms with Crippen molar-refractivity contribution in [2.75, 3.05) is 36.0 Å². The fraction of sp³-hybridized carbons (Fsp3) is 0.381. The topological polar surface area (TPSA) is 87.5 Å². The van der Waals surface area contributed by atoms with E-state index >= 15 is 0 Å². The van der Waals surface area contributed by atoms with Crippen molar-refractivity contribution in [3.8, 4) is 0 Å². The van der Waals surface area contributed by atoms with Gasteiger partial charge in [-0.2, -0.15) is 0 Å². The van der Waals surface area contributed by atoms with Crippen molar-refractivity contribution in [1.82, 2.24) is 24.4 Å². The molecule has 2 aliphatic heterocycles. The highest BCUT2D eigenvalue weighted by molar-refractivity contribution is 6.11. The molecule has 2 fully saturated rings. The molecule has 1 aromatic carbocycles. The van der Waals surface area contributed by atoms with Crippen LogP contribution in [0.3, 0.4) is 0 Å². The van der Waals surface area contributed by atoms with Gasteiger partial charge >= 0.3 is 6.03 Å². The number of urea groups is 1. The summed E-state index contributed by atoms with van der Waals surface area (Å²) in [5, 5.41) is 0. The van der Waals surface area contributed by atoms with E-state index < -0.39 is 0 Å². The Morgan fingerprint density at radius 3 is 2.50 bits per heavy atom. The first-order chi connectivity index (χ1) is 14.5. The van der Waals surface area contributed by atoms with Gasteiger partial charge in [0.15, 0.2) is 0 Å². The Morgan fingerprint density at radius 2 is 1.80 bits per heavy atom. The van der Waals surface area contributed by atoms with Gasteiger partial charge in [-0.25, -0.2) is 19.7 Å². The van der Waals surface area contributed by atoms with Crippen LogP contribution in [0.4, 0.5) is 16.4 Å². The Bertz CT molecular complexity index is 1170. The summed E-state index contributed by atoms with van der Waals surface area (Å²) in [6.07, 6.45) is 0. The third-order valence-electron chi connectivity index (χ3n) is 5.85. The van der Waals surface area contributed by atoms with Crippen LogP contribution in [0.1, 0.15) is 24.5 Å². The highest BCUT2D eigenvalue weighted by Crippen LogP contribution is 2.33. The standard InChI is InChI=1S/C21H23N7O2/c1-4-27-19(29)12-28(21(27)30)18-9-17(22-13(2)23-18)26-10-14(11-26)20-24-15-7-5-6-8-16(15)25(20)3/h5-9,14H,4,10-12H2,1-3H3. The van der Waals surface area contributed by atoms with Crippen molar-refractivity contribution < 1.29 is 9.59 Å². The second kappa shape index (κ2) is 6.79. The highest BCUT2D eigenvalue weighted by atomic mass is 16.2. The molecule has 0 unspecified atom stereocenters. The number of anilines is 2. The molecular weight excluding hydrogens is 382 g/mol. The van der Waals surface area contributed by atoms with Crippen LogP contribution >= 0.6 is 0 Å². The van der Waals surface area contributed by atoms with Crippen LogP contribution in [-0.4, -0.2) is 62.5 Å². The molecule has 2 aromatic heterocycles. The van der Waals surface area contributed by atoms with Crippen LogP contribution < -0.4 is 9.80 Å². The summed E-state index contributed by atoms with van der Waals surface area (Å²) in [5.41, 5.74) is 2.13. The van der Waals surface area contributed by atoms with Crippen molar-refractivity contribution in [1.29, 1.82) is 0 Å². The van der Waals surface area contributed by atoms with Crippen LogP contribution in [0.2, 0.25) is 0 Å². The number of imidazole rings is 1. The summed E-state index contributed by atoms with van der Waals surface area (Å²) in [6.45, 7) is 5.55. The van der Waals surface area contributed by atoms with E-state index in [1.807, 2.05) is 18.2 Å². The van der Waals surface area contributed by atoms with Crippen LogP contribution in [0, 0.1) is 6.92 Å². The average Bonchev–Trinajstić information content (AvgIpc) is 3.17. The smallest absolute Gasteiger partial charge is 0.332 e. The van der Waals surface area contributed by atoms with Crippen molar-refractivity contribution >= 4 is 34.6 Å². The second-order valence-electron chi connectivity index (χ2n) is 7.76. The number of hydrogen-bond acceptors (Lipinski definition) is 6. The third-order valence-corrected chi connectivity index (χ3v) is 5.85. The van der Waals surface area contributed by atoms with Crippen molar-refractivity contribution in [3.05, 3.63) is 42.0 Å². The van der Waals surface area contributed by atoms with E-state index in [0.29, 0.717) is 24.1 Å². The van der Waals surface area contributed by atoms with E-state index in [0.717, 1.165) is 35.8 Å². The lowest BCUT2D eigenvalue weighted by atomic mass is 9.99. The SMILES string of the molecule is CCN1C(=O)CN(c2cc(N3CC(c4nc5ccccc5n4C)C3)nc(C)n2)C1=O. The summed E-state index contributed by atoms with van der Waals surface area (Å²) >= 11 is 0. The van der Waals surface area contributed by atoms with Gasteiger partial charge in [0.25, 0.3) is 5.91 Å². The predicted molar refractivity (Wildman–Crippen MR) is 113 cm³/mol. The molecule has 3 aromatic rings. The Hall–Kier alpha value is -3.49. The van der Waals surface area contributed by atoms with E-state index in [1.165, 1.54) is 9.80 Å². The first-order valence-corrected chi connectivity index (χ1v) is 10.1. The van der Waals surface area contributed by atoms with E-state index in [4.69, 9.17) is 4.98 Å². The molecule has 30 heavy (non-hydrogen) atoms. The number of amides is 3. The number of carbonyl (C=O) groups excluding carboxylic acids is 2. The van der Waals surface area contributed by atoms with Gasteiger partial charge in [0.1, 0.15) is 29.8 Å². The Kier molecular flexibility index (Phi) is 4.19. The summed E-state index contributed by atoms with van der Waals surface area (Å²) in [6, 6.07) is 9.60. The van der Waals surface area contributed by atoms with E-state index in [9.17, 15) is 9.59 Å². The third kappa shape index (κ3) is 2.80. The first kappa shape index (κ1) is 18.5. The number of imide groups is 1. The molecule has 0 bridgehead atoms. The number of para-hydroxylation sites is 2. The lowest BCUT2D eigenvalue weighted by Crippen LogP contribution is -2.46. The number of benzene rings is 1. The molecule has 2 saturated heterocycles. The lowest BCUT2D eigenvalue weighted by Gasteiger charge is -2.40. The van der Waals surface area contributed by atoms with Crippen LogP contribution in [0.15, 0.2) is 30.3 Å². The fourth-order valence-electron chi connectivity index (χ4n) is 4.23.